The molecule has 112 valence electrons. The number of hydrogen-bond acceptors (Lipinski definition) is 4. The Balaban J connectivity index is 1.80. The van der Waals surface area contributed by atoms with Crippen molar-refractivity contribution in [3.8, 4) is 0 Å². The topological polar surface area (TPSA) is 52.6 Å². The van der Waals surface area contributed by atoms with Gasteiger partial charge in [-0.1, -0.05) is 61.5 Å². The van der Waals surface area contributed by atoms with Gasteiger partial charge in [0, 0.05) is 11.1 Å². The van der Waals surface area contributed by atoms with Gasteiger partial charge in [-0.25, -0.2) is 9.59 Å². The average molecular weight is 296 g/mol. The molecule has 1 fully saturated rings. The van der Waals surface area contributed by atoms with E-state index in [1.54, 1.807) is 36.4 Å². The zero-order valence-electron chi connectivity index (χ0n) is 12.2. The number of ether oxygens (including phenoxy) is 2. The van der Waals surface area contributed by atoms with Gasteiger partial charge in [0.2, 0.25) is 12.2 Å². The second kappa shape index (κ2) is 6.02. The number of carbonyl (C=O) groups excluding carboxylic acids is 2. The van der Waals surface area contributed by atoms with Gasteiger partial charge < -0.3 is 9.47 Å². The van der Waals surface area contributed by atoms with Gasteiger partial charge in [-0.15, -0.1) is 0 Å². The molecule has 4 heteroatoms. The van der Waals surface area contributed by atoms with Gasteiger partial charge in [-0.05, 0) is 12.0 Å². The van der Waals surface area contributed by atoms with E-state index >= 15 is 0 Å². The van der Waals surface area contributed by atoms with E-state index in [4.69, 9.17) is 9.47 Å². The molecule has 3 rings (SSSR count). The molecule has 2 atom stereocenters. The maximum Gasteiger partial charge on any atom is 0.353 e. The Morgan fingerprint density at radius 1 is 0.773 bits per heavy atom. The third kappa shape index (κ3) is 2.72. The molecule has 0 aromatic heterocycles. The second-order valence-electron chi connectivity index (χ2n) is 5.14. The first-order valence-electron chi connectivity index (χ1n) is 7.24. The van der Waals surface area contributed by atoms with Crippen LogP contribution in [0.15, 0.2) is 54.6 Å². The Morgan fingerprint density at radius 3 is 1.77 bits per heavy atom. The zero-order valence-corrected chi connectivity index (χ0v) is 12.2. The molecule has 0 saturated carbocycles. The number of aryl methyl sites for hydroxylation is 1. The van der Waals surface area contributed by atoms with Crippen LogP contribution < -0.4 is 0 Å². The van der Waals surface area contributed by atoms with Crippen molar-refractivity contribution in [3.05, 3.63) is 71.3 Å². The Labute approximate surface area is 128 Å². The van der Waals surface area contributed by atoms with Gasteiger partial charge in [0.25, 0.3) is 0 Å². The summed E-state index contributed by atoms with van der Waals surface area (Å²) in [4.78, 5) is 24.3. The van der Waals surface area contributed by atoms with E-state index in [-0.39, 0.29) is 0 Å². The predicted octanol–water partition coefficient (Wildman–Crippen LogP) is 3.13. The van der Waals surface area contributed by atoms with Crippen LogP contribution in [0.3, 0.4) is 0 Å². The number of carbonyl (C=O) groups is 2. The molecule has 0 radical (unpaired) electrons. The molecule has 0 amide bonds. The molecule has 1 aliphatic heterocycles. The summed E-state index contributed by atoms with van der Waals surface area (Å²) < 4.78 is 10.6. The van der Waals surface area contributed by atoms with Crippen LogP contribution in [0.1, 0.15) is 35.8 Å². The van der Waals surface area contributed by atoms with E-state index in [1.165, 1.54) is 0 Å². The van der Waals surface area contributed by atoms with Crippen LogP contribution in [0.5, 0.6) is 0 Å². The summed E-state index contributed by atoms with van der Waals surface area (Å²) in [6.45, 7) is 2.05. The van der Waals surface area contributed by atoms with E-state index in [1.807, 2.05) is 25.1 Å². The molecule has 2 unspecified atom stereocenters. The molecule has 0 bridgehead atoms. The minimum absolute atomic E-state index is 0.544. The van der Waals surface area contributed by atoms with Crippen LogP contribution in [-0.2, 0) is 25.5 Å². The van der Waals surface area contributed by atoms with Crippen LogP contribution in [0.4, 0.5) is 0 Å². The molecule has 1 heterocycles. The standard InChI is InChI=1S/C18H16O4/c1-2-12-8-10-14(11-9-12)16-18(20)21-15(17(19)22-16)13-6-4-3-5-7-13/h3-11,15-16H,2H2,1H3. The highest BCUT2D eigenvalue weighted by atomic mass is 16.6. The highest BCUT2D eigenvalue weighted by Crippen LogP contribution is 2.32. The lowest BCUT2D eigenvalue weighted by Crippen LogP contribution is -2.34. The lowest BCUT2D eigenvalue weighted by Gasteiger charge is -2.27. The first-order valence-corrected chi connectivity index (χ1v) is 7.24. The predicted molar refractivity (Wildman–Crippen MR) is 79.9 cm³/mol. The third-order valence-electron chi connectivity index (χ3n) is 3.69. The van der Waals surface area contributed by atoms with Crippen LogP contribution >= 0.6 is 0 Å². The normalized spacial score (nSPS) is 21.1. The van der Waals surface area contributed by atoms with Crippen LogP contribution in [0, 0.1) is 0 Å². The highest BCUT2D eigenvalue weighted by molar-refractivity contribution is 5.89. The molecule has 1 aliphatic rings. The van der Waals surface area contributed by atoms with E-state index in [0.29, 0.717) is 11.1 Å². The first-order chi connectivity index (χ1) is 10.7. The van der Waals surface area contributed by atoms with Crippen molar-refractivity contribution in [1.82, 2.24) is 0 Å². The Bertz CT molecular complexity index is 676. The summed E-state index contributed by atoms with van der Waals surface area (Å²) in [6, 6.07) is 16.3. The summed E-state index contributed by atoms with van der Waals surface area (Å²) in [5.74, 6) is -1.09. The molecule has 4 nitrogen and oxygen atoms in total. The molecule has 0 spiro atoms. The van der Waals surface area contributed by atoms with Gasteiger partial charge in [-0.2, -0.15) is 0 Å². The van der Waals surface area contributed by atoms with Crippen molar-refractivity contribution >= 4 is 11.9 Å². The first kappa shape index (κ1) is 14.3. The summed E-state index contributed by atoms with van der Waals surface area (Å²) >= 11 is 0. The molecule has 1 saturated heterocycles. The Hall–Kier alpha value is -2.62. The van der Waals surface area contributed by atoms with Crippen molar-refractivity contribution in [2.75, 3.05) is 0 Å². The van der Waals surface area contributed by atoms with Crippen molar-refractivity contribution in [2.24, 2.45) is 0 Å². The molecule has 2 aromatic rings. The van der Waals surface area contributed by atoms with Crippen molar-refractivity contribution < 1.29 is 19.1 Å². The monoisotopic (exact) mass is 296 g/mol. The third-order valence-corrected chi connectivity index (χ3v) is 3.69. The summed E-state index contributed by atoms with van der Waals surface area (Å²) in [7, 11) is 0. The fraction of sp³-hybridized carbons (Fsp3) is 0.222. The second-order valence-corrected chi connectivity index (χ2v) is 5.14. The van der Waals surface area contributed by atoms with Gasteiger partial charge in [0.1, 0.15) is 0 Å². The van der Waals surface area contributed by atoms with E-state index in [0.717, 1.165) is 12.0 Å². The lowest BCUT2D eigenvalue weighted by molar-refractivity contribution is -0.196. The summed E-state index contributed by atoms with van der Waals surface area (Å²) in [5, 5.41) is 0. The number of esters is 2. The summed E-state index contributed by atoms with van der Waals surface area (Å²) in [6.07, 6.45) is -1.07. The smallest absolute Gasteiger partial charge is 0.353 e. The van der Waals surface area contributed by atoms with Crippen LogP contribution in [0.2, 0.25) is 0 Å². The molecule has 0 aliphatic carbocycles. The van der Waals surface area contributed by atoms with Crippen molar-refractivity contribution in [3.63, 3.8) is 0 Å². The summed E-state index contributed by atoms with van der Waals surface area (Å²) in [5.41, 5.74) is 2.39. The lowest BCUT2D eigenvalue weighted by atomic mass is 10.0. The SMILES string of the molecule is CCc1ccc(C2OC(=O)C(c3ccccc3)OC2=O)cc1. The van der Waals surface area contributed by atoms with Crippen molar-refractivity contribution in [2.45, 2.75) is 25.6 Å². The number of benzene rings is 2. The highest BCUT2D eigenvalue weighted by Gasteiger charge is 2.39. The van der Waals surface area contributed by atoms with Crippen molar-refractivity contribution in [1.29, 1.82) is 0 Å². The Morgan fingerprint density at radius 2 is 1.27 bits per heavy atom. The Kier molecular flexibility index (Phi) is 3.92. The van der Waals surface area contributed by atoms with Gasteiger partial charge in [-0.3, -0.25) is 0 Å². The molecular formula is C18H16O4. The fourth-order valence-corrected chi connectivity index (χ4v) is 2.42. The molecule has 22 heavy (non-hydrogen) atoms. The molecule has 0 N–H and O–H groups in total. The minimum Gasteiger partial charge on any atom is -0.442 e. The fourth-order valence-electron chi connectivity index (χ4n) is 2.42. The van der Waals surface area contributed by atoms with Gasteiger partial charge >= 0.3 is 11.9 Å². The van der Waals surface area contributed by atoms with E-state index < -0.39 is 24.1 Å². The minimum atomic E-state index is -0.988. The maximum atomic E-state index is 12.2. The quantitative estimate of drug-likeness (QED) is 0.817. The average Bonchev–Trinajstić information content (AvgIpc) is 2.57. The zero-order chi connectivity index (χ0) is 15.5. The number of cyclic esters (lactones) is 2. The van der Waals surface area contributed by atoms with E-state index in [2.05, 4.69) is 0 Å². The van der Waals surface area contributed by atoms with Crippen LogP contribution in [0.25, 0.3) is 0 Å². The molecular weight excluding hydrogens is 280 g/mol. The molecule has 2 aromatic carbocycles. The van der Waals surface area contributed by atoms with Crippen LogP contribution in [-0.4, -0.2) is 11.9 Å². The largest absolute Gasteiger partial charge is 0.442 e. The van der Waals surface area contributed by atoms with E-state index in [9.17, 15) is 9.59 Å². The number of rotatable bonds is 3. The maximum absolute atomic E-state index is 12.2. The number of hydrogen-bond donors (Lipinski definition) is 0. The van der Waals surface area contributed by atoms with Gasteiger partial charge in [0.15, 0.2) is 0 Å². The van der Waals surface area contributed by atoms with Gasteiger partial charge in [0.05, 0.1) is 0 Å².